The Labute approximate surface area is 172 Å². The molecule has 0 saturated carbocycles. The lowest BCUT2D eigenvalue weighted by atomic mass is 10.2. The number of thiophene rings is 1. The first-order valence-electron chi connectivity index (χ1n) is 9.29. The lowest BCUT2D eigenvalue weighted by Gasteiger charge is -2.12. The van der Waals surface area contributed by atoms with E-state index in [9.17, 15) is 9.59 Å². The van der Waals surface area contributed by atoms with E-state index >= 15 is 0 Å². The Bertz CT molecular complexity index is 994. The van der Waals surface area contributed by atoms with Crippen molar-refractivity contribution in [3.05, 3.63) is 45.3 Å². The van der Waals surface area contributed by atoms with Crippen molar-refractivity contribution in [2.75, 3.05) is 6.54 Å². The Morgan fingerprint density at radius 2 is 2.21 bits per heavy atom. The maximum absolute atomic E-state index is 12.3. The number of carbonyl (C=O) groups excluding carboxylic acids is 1. The Morgan fingerprint density at radius 1 is 1.39 bits per heavy atom. The highest BCUT2D eigenvalue weighted by molar-refractivity contribution is 7.99. The Kier molecular flexibility index (Phi) is 6.90. The third kappa shape index (κ3) is 5.02. The zero-order chi connectivity index (χ0) is 20.1. The smallest absolute Gasteiger partial charge is 0.259 e. The second kappa shape index (κ2) is 9.38. The van der Waals surface area contributed by atoms with Gasteiger partial charge in [0.15, 0.2) is 0 Å². The molecule has 3 aromatic heterocycles. The van der Waals surface area contributed by atoms with Crippen LogP contribution in [0, 0.1) is 13.8 Å². The Hall–Kier alpha value is -2.13. The maximum Gasteiger partial charge on any atom is 0.259 e. The van der Waals surface area contributed by atoms with Gasteiger partial charge in [-0.15, -0.1) is 23.1 Å². The molecule has 0 unspecified atom stereocenters. The molecule has 0 radical (unpaired) electrons. The van der Waals surface area contributed by atoms with E-state index in [1.54, 1.807) is 12.5 Å². The number of fused-ring (bicyclic) bond motifs is 1. The summed E-state index contributed by atoms with van der Waals surface area (Å²) in [6.45, 7) is 7.39. The third-order valence-electron chi connectivity index (χ3n) is 4.63. The first kappa shape index (κ1) is 20.6. The van der Waals surface area contributed by atoms with Gasteiger partial charge in [0.25, 0.3) is 5.56 Å². The van der Waals surface area contributed by atoms with Crippen molar-refractivity contribution in [1.82, 2.24) is 24.8 Å². The van der Waals surface area contributed by atoms with Crippen molar-refractivity contribution >= 4 is 39.2 Å². The van der Waals surface area contributed by atoms with Crippen LogP contribution < -0.4 is 10.9 Å². The van der Waals surface area contributed by atoms with Gasteiger partial charge < -0.3 is 14.9 Å². The average Bonchev–Trinajstić information content (AvgIpc) is 3.27. The largest absolute Gasteiger partial charge is 0.355 e. The van der Waals surface area contributed by atoms with Crippen LogP contribution in [-0.2, 0) is 17.1 Å². The number of hydrogen-bond acceptors (Lipinski definition) is 6. The molecule has 0 aliphatic heterocycles. The maximum atomic E-state index is 12.3. The molecular formula is C19H25N5O2S2. The molecule has 3 heterocycles. The summed E-state index contributed by atoms with van der Waals surface area (Å²) in [5, 5.41) is 3.45. The van der Waals surface area contributed by atoms with Crippen LogP contribution in [0.4, 0.5) is 0 Å². The van der Waals surface area contributed by atoms with Gasteiger partial charge >= 0.3 is 0 Å². The van der Waals surface area contributed by atoms with Crippen LogP contribution in [-0.4, -0.2) is 37.2 Å². The van der Waals surface area contributed by atoms with Gasteiger partial charge in [0.2, 0.25) is 5.91 Å². The molecule has 1 amide bonds. The molecule has 2 N–H and O–H groups in total. The number of H-pyrrole nitrogens is 1. The molecule has 0 saturated heterocycles. The molecule has 1 atom stereocenters. The lowest BCUT2D eigenvalue weighted by molar-refractivity contribution is -0.120. The highest BCUT2D eigenvalue weighted by Gasteiger charge is 2.15. The number of nitrogens with one attached hydrogen (secondary N) is 2. The zero-order valence-corrected chi connectivity index (χ0v) is 18.0. The number of nitrogens with zero attached hydrogens (tertiary/aromatic N) is 3. The van der Waals surface area contributed by atoms with Crippen LogP contribution in [0.1, 0.15) is 36.0 Å². The molecule has 0 aliphatic carbocycles. The van der Waals surface area contributed by atoms with Crippen molar-refractivity contribution < 1.29 is 4.79 Å². The molecule has 9 heteroatoms. The molecular weight excluding hydrogens is 394 g/mol. The molecule has 0 fully saturated rings. The summed E-state index contributed by atoms with van der Waals surface area (Å²) in [4.78, 5) is 37.9. The first-order chi connectivity index (χ1) is 13.5. The molecule has 7 nitrogen and oxygen atoms in total. The van der Waals surface area contributed by atoms with Crippen LogP contribution in [0.5, 0.6) is 0 Å². The highest BCUT2D eigenvalue weighted by atomic mass is 32.2. The van der Waals surface area contributed by atoms with Gasteiger partial charge in [-0.2, -0.15) is 0 Å². The van der Waals surface area contributed by atoms with E-state index in [2.05, 4.69) is 20.3 Å². The molecule has 0 bridgehead atoms. The number of rotatable bonds is 9. The third-order valence-corrected chi connectivity index (χ3v) is 6.88. The Balaban J connectivity index is 1.44. The van der Waals surface area contributed by atoms with Gasteiger partial charge in [0.05, 0.1) is 22.7 Å². The average molecular weight is 420 g/mol. The number of hydrogen-bond donors (Lipinski definition) is 2. The molecule has 3 aromatic rings. The molecule has 3 rings (SSSR count). The number of carbonyl (C=O) groups is 1. The molecule has 0 spiro atoms. The SMILES string of the molecule is Cc1sc2nc(CS[C@H](C)C(=O)NCCCCn3ccnc3)[nH]c(=O)c2c1C. The number of amides is 1. The van der Waals surface area contributed by atoms with Crippen molar-refractivity contribution in [2.45, 2.75) is 51.2 Å². The number of aryl methyl sites for hydroxylation is 3. The first-order valence-corrected chi connectivity index (χ1v) is 11.2. The fourth-order valence-electron chi connectivity index (χ4n) is 2.84. The highest BCUT2D eigenvalue weighted by Crippen LogP contribution is 2.26. The summed E-state index contributed by atoms with van der Waals surface area (Å²) >= 11 is 3.01. The number of aromatic amines is 1. The standard InChI is InChI=1S/C19H25N5O2S2/c1-12-13(2)28-19-16(12)18(26)22-15(23-19)10-27-14(3)17(25)21-6-4-5-8-24-9-7-20-11-24/h7,9,11,14H,4-6,8,10H2,1-3H3,(H,21,25)(H,22,23,26)/t14-/m1/s1. The van der Waals surface area contributed by atoms with E-state index in [1.165, 1.54) is 23.1 Å². The van der Waals surface area contributed by atoms with E-state index in [0.717, 1.165) is 34.7 Å². The van der Waals surface area contributed by atoms with Gasteiger partial charge in [0.1, 0.15) is 10.7 Å². The van der Waals surface area contributed by atoms with Gasteiger partial charge in [-0.25, -0.2) is 9.97 Å². The minimum Gasteiger partial charge on any atom is -0.355 e. The van der Waals surface area contributed by atoms with E-state index in [-0.39, 0.29) is 16.7 Å². The van der Waals surface area contributed by atoms with Gasteiger partial charge in [-0.1, -0.05) is 0 Å². The molecule has 0 aliphatic rings. The Morgan fingerprint density at radius 3 is 2.96 bits per heavy atom. The van der Waals surface area contributed by atoms with Gasteiger partial charge in [-0.05, 0) is 39.2 Å². The monoisotopic (exact) mass is 419 g/mol. The van der Waals surface area contributed by atoms with E-state index in [0.29, 0.717) is 23.5 Å². The lowest BCUT2D eigenvalue weighted by Crippen LogP contribution is -2.32. The number of thioether (sulfide) groups is 1. The van der Waals surface area contributed by atoms with Crippen molar-refractivity contribution in [3.63, 3.8) is 0 Å². The van der Waals surface area contributed by atoms with Crippen molar-refractivity contribution in [2.24, 2.45) is 0 Å². The van der Waals surface area contributed by atoms with Gasteiger partial charge in [0, 0.05) is 30.4 Å². The summed E-state index contributed by atoms with van der Waals surface area (Å²) in [5.41, 5.74) is 0.895. The van der Waals surface area contributed by atoms with Crippen molar-refractivity contribution in [1.29, 1.82) is 0 Å². The second-order valence-electron chi connectivity index (χ2n) is 6.73. The summed E-state index contributed by atoms with van der Waals surface area (Å²) in [6.07, 6.45) is 7.41. The fraction of sp³-hybridized carbons (Fsp3) is 0.474. The molecule has 150 valence electrons. The normalized spacial score (nSPS) is 12.4. The number of unbranched alkanes of at least 4 members (excludes halogenated alkanes) is 1. The van der Waals surface area contributed by atoms with E-state index < -0.39 is 0 Å². The van der Waals surface area contributed by atoms with Crippen LogP contribution >= 0.6 is 23.1 Å². The van der Waals surface area contributed by atoms with Crippen LogP contribution in [0.2, 0.25) is 0 Å². The number of imidazole rings is 1. The van der Waals surface area contributed by atoms with Crippen LogP contribution in [0.3, 0.4) is 0 Å². The fourth-order valence-corrected chi connectivity index (χ4v) is 4.67. The summed E-state index contributed by atoms with van der Waals surface area (Å²) in [6, 6.07) is 0. The summed E-state index contributed by atoms with van der Waals surface area (Å²) in [7, 11) is 0. The number of aromatic nitrogens is 4. The quantitative estimate of drug-likeness (QED) is 0.520. The van der Waals surface area contributed by atoms with E-state index in [1.807, 2.05) is 31.5 Å². The van der Waals surface area contributed by atoms with E-state index in [4.69, 9.17) is 0 Å². The second-order valence-corrected chi connectivity index (χ2v) is 9.26. The minimum atomic E-state index is -0.207. The van der Waals surface area contributed by atoms with Gasteiger partial charge in [-0.3, -0.25) is 9.59 Å². The topological polar surface area (TPSA) is 92.7 Å². The minimum absolute atomic E-state index is 0.0128. The predicted molar refractivity (Wildman–Crippen MR) is 115 cm³/mol. The molecule has 28 heavy (non-hydrogen) atoms. The summed E-state index contributed by atoms with van der Waals surface area (Å²) in [5.74, 6) is 1.12. The van der Waals surface area contributed by atoms with Crippen LogP contribution in [0.15, 0.2) is 23.5 Å². The summed E-state index contributed by atoms with van der Waals surface area (Å²) < 4.78 is 2.03. The molecule has 0 aromatic carbocycles. The van der Waals surface area contributed by atoms with Crippen molar-refractivity contribution in [3.8, 4) is 0 Å². The van der Waals surface area contributed by atoms with Crippen LogP contribution in [0.25, 0.3) is 10.2 Å². The zero-order valence-electron chi connectivity index (χ0n) is 16.3. The predicted octanol–water partition coefficient (Wildman–Crippen LogP) is 3.02.